The summed E-state index contributed by atoms with van der Waals surface area (Å²) in [6.45, 7) is 7.37. The molecule has 0 aliphatic carbocycles. The fraction of sp³-hybridized carbons (Fsp3) is 0.588. The summed E-state index contributed by atoms with van der Waals surface area (Å²) in [5.74, 6) is 1.04. The van der Waals surface area contributed by atoms with Gasteiger partial charge in [-0.3, -0.25) is 0 Å². The van der Waals surface area contributed by atoms with Crippen LogP contribution in [-0.4, -0.2) is 42.9 Å². The number of methoxy groups -OCH3 is 1. The Balaban J connectivity index is 1.80. The molecule has 22 heavy (non-hydrogen) atoms. The van der Waals surface area contributed by atoms with E-state index in [1.54, 1.807) is 12.0 Å². The highest BCUT2D eigenvalue weighted by Crippen LogP contribution is 2.40. The van der Waals surface area contributed by atoms with E-state index in [-0.39, 0.29) is 18.1 Å². The van der Waals surface area contributed by atoms with E-state index in [0.29, 0.717) is 19.7 Å². The fourth-order valence-corrected chi connectivity index (χ4v) is 3.18. The topological polar surface area (TPSA) is 48.0 Å². The predicted molar refractivity (Wildman–Crippen MR) is 82.1 cm³/mol. The Hall–Kier alpha value is -1.75. The lowest BCUT2D eigenvalue weighted by Crippen LogP contribution is -2.36. The molecular weight excluding hydrogens is 282 g/mol. The Morgan fingerprint density at radius 2 is 2.09 bits per heavy atom. The first-order valence-electron chi connectivity index (χ1n) is 7.64. The number of carbonyl (C=O) groups is 1. The Morgan fingerprint density at radius 1 is 1.32 bits per heavy atom. The third-order valence-electron chi connectivity index (χ3n) is 4.15. The smallest absolute Gasteiger partial charge is 0.410 e. The summed E-state index contributed by atoms with van der Waals surface area (Å²) >= 11 is 0. The first-order valence-corrected chi connectivity index (χ1v) is 7.64. The summed E-state index contributed by atoms with van der Waals surface area (Å²) in [5, 5.41) is 0. The van der Waals surface area contributed by atoms with Crippen molar-refractivity contribution in [2.24, 2.45) is 0 Å². The molecule has 2 aliphatic rings. The molecule has 1 amide bonds. The number of ether oxygens (including phenoxy) is 3. The second-order valence-electron chi connectivity index (χ2n) is 6.87. The largest absolute Gasteiger partial charge is 0.496 e. The van der Waals surface area contributed by atoms with Crippen molar-refractivity contribution in [3.63, 3.8) is 0 Å². The zero-order valence-corrected chi connectivity index (χ0v) is 13.6. The Labute approximate surface area is 131 Å². The van der Waals surface area contributed by atoms with Crippen LogP contribution in [0.3, 0.4) is 0 Å². The van der Waals surface area contributed by atoms with Gasteiger partial charge in [0.05, 0.1) is 26.4 Å². The SMILES string of the molecule is COc1cccc2c1CO[C@H]1CN(C(=O)OC(C)(C)C)C[C@@H]21. The van der Waals surface area contributed by atoms with Crippen molar-refractivity contribution < 1.29 is 19.0 Å². The van der Waals surface area contributed by atoms with E-state index in [1.165, 1.54) is 5.56 Å². The van der Waals surface area contributed by atoms with E-state index in [4.69, 9.17) is 14.2 Å². The maximum atomic E-state index is 12.3. The number of nitrogens with zero attached hydrogens (tertiary/aromatic N) is 1. The molecule has 120 valence electrons. The number of benzene rings is 1. The summed E-state index contributed by atoms with van der Waals surface area (Å²) in [7, 11) is 1.67. The number of fused-ring (bicyclic) bond motifs is 3. The van der Waals surface area contributed by atoms with Crippen LogP contribution in [0.15, 0.2) is 18.2 Å². The third kappa shape index (κ3) is 2.77. The van der Waals surface area contributed by atoms with Crippen LogP contribution in [-0.2, 0) is 16.1 Å². The molecule has 5 heteroatoms. The quantitative estimate of drug-likeness (QED) is 0.800. The Bertz CT molecular complexity index is 579. The minimum atomic E-state index is -0.479. The normalized spacial score (nSPS) is 23.7. The first kappa shape index (κ1) is 15.2. The van der Waals surface area contributed by atoms with Gasteiger partial charge in [-0.1, -0.05) is 12.1 Å². The molecule has 0 saturated carbocycles. The lowest BCUT2D eigenvalue weighted by molar-refractivity contribution is 0.0120. The number of hydrogen-bond acceptors (Lipinski definition) is 4. The van der Waals surface area contributed by atoms with Gasteiger partial charge in [-0.2, -0.15) is 0 Å². The van der Waals surface area contributed by atoms with E-state index in [0.717, 1.165) is 11.3 Å². The van der Waals surface area contributed by atoms with Crippen molar-refractivity contribution in [2.45, 2.75) is 45.0 Å². The molecule has 1 saturated heterocycles. The van der Waals surface area contributed by atoms with E-state index in [9.17, 15) is 4.79 Å². The molecule has 2 aliphatic heterocycles. The number of amides is 1. The van der Waals surface area contributed by atoms with E-state index < -0.39 is 5.60 Å². The second kappa shape index (κ2) is 5.47. The Kier molecular flexibility index (Phi) is 3.77. The first-order chi connectivity index (χ1) is 10.4. The van der Waals surface area contributed by atoms with Gasteiger partial charge in [-0.05, 0) is 32.4 Å². The molecule has 1 aromatic rings. The second-order valence-corrected chi connectivity index (χ2v) is 6.87. The van der Waals surface area contributed by atoms with Crippen LogP contribution in [0.1, 0.15) is 37.8 Å². The summed E-state index contributed by atoms with van der Waals surface area (Å²) in [5.41, 5.74) is 1.84. The minimum absolute atomic E-state index is 0.0344. The highest BCUT2D eigenvalue weighted by atomic mass is 16.6. The molecular formula is C17H23NO4. The van der Waals surface area contributed by atoms with Crippen molar-refractivity contribution >= 4 is 6.09 Å². The molecule has 0 radical (unpaired) electrons. The van der Waals surface area contributed by atoms with E-state index in [1.807, 2.05) is 32.9 Å². The van der Waals surface area contributed by atoms with Crippen molar-refractivity contribution in [2.75, 3.05) is 20.2 Å². The van der Waals surface area contributed by atoms with Gasteiger partial charge >= 0.3 is 6.09 Å². The van der Waals surface area contributed by atoms with Crippen molar-refractivity contribution in [1.82, 2.24) is 4.90 Å². The van der Waals surface area contributed by atoms with Gasteiger partial charge in [0, 0.05) is 18.0 Å². The summed E-state index contributed by atoms with van der Waals surface area (Å²) in [6, 6.07) is 6.05. The predicted octanol–water partition coefficient (Wildman–Crippen LogP) is 2.93. The molecule has 0 aromatic heterocycles. The van der Waals surface area contributed by atoms with Gasteiger partial charge in [0.15, 0.2) is 0 Å². The average Bonchev–Trinajstić information content (AvgIpc) is 2.89. The van der Waals surface area contributed by atoms with Gasteiger partial charge in [-0.25, -0.2) is 4.79 Å². The molecule has 2 atom stereocenters. The molecule has 2 heterocycles. The average molecular weight is 305 g/mol. The molecule has 1 aromatic carbocycles. The van der Waals surface area contributed by atoms with Gasteiger partial charge in [0.1, 0.15) is 11.4 Å². The zero-order chi connectivity index (χ0) is 15.9. The lowest BCUT2D eigenvalue weighted by Gasteiger charge is -2.28. The van der Waals surface area contributed by atoms with Crippen LogP contribution in [0, 0.1) is 0 Å². The lowest BCUT2D eigenvalue weighted by atomic mass is 9.89. The summed E-state index contributed by atoms with van der Waals surface area (Å²) in [4.78, 5) is 14.0. The Morgan fingerprint density at radius 3 is 2.77 bits per heavy atom. The van der Waals surface area contributed by atoms with Gasteiger partial charge < -0.3 is 19.1 Å². The molecule has 3 rings (SSSR count). The monoisotopic (exact) mass is 305 g/mol. The van der Waals surface area contributed by atoms with Crippen LogP contribution < -0.4 is 4.74 Å². The maximum Gasteiger partial charge on any atom is 0.410 e. The third-order valence-corrected chi connectivity index (χ3v) is 4.15. The van der Waals surface area contributed by atoms with Crippen LogP contribution in [0.25, 0.3) is 0 Å². The highest BCUT2D eigenvalue weighted by Gasteiger charge is 2.42. The van der Waals surface area contributed by atoms with Crippen LogP contribution in [0.4, 0.5) is 4.79 Å². The van der Waals surface area contributed by atoms with Crippen molar-refractivity contribution in [1.29, 1.82) is 0 Å². The van der Waals surface area contributed by atoms with Crippen LogP contribution >= 0.6 is 0 Å². The molecule has 0 bridgehead atoms. The van der Waals surface area contributed by atoms with Gasteiger partial charge in [0.2, 0.25) is 0 Å². The van der Waals surface area contributed by atoms with E-state index in [2.05, 4.69) is 6.07 Å². The number of hydrogen-bond donors (Lipinski definition) is 0. The van der Waals surface area contributed by atoms with Gasteiger partial charge in [0.25, 0.3) is 0 Å². The molecule has 5 nitrogen and oxygen atoms in total. The maximum absolute atomic E-state index is 12.3. The van der Waals surface area contributed by atoms with E-state index >= 15 is 0 Å². The van der Waals surface area contributed by atoms with Crippen LogP contribution in [0.2, 0.25) is 0 Å². The minimum Gasteiger partial charge on any atom is -0.496 e. The highest BCUT2D eigenvalue weighted by molar-refractivity contribution is 5.69. The standard InChI is InChI=1S/C17H23NO4/c1-17(2,3)22-16(19)18-8-12-11-6-5-7-14(20-4)13(11)10-21-15(12)9-18/h5-7,12,15H,8-10H2,1-4H3/t12-,15-/m0/s1. The van der Waals surface area contributed by atoms with Gasteiger partial charge in [-0.15, -0.1) is 0 Å². The number of likely N-dealkylation sites (tertiary alicyclic amines) is 1. The molecule has 1 fully saturated rings. The number of carbonyl (C=O) groups excluding carboxylic acids is 1. The fourth-order valence-electron chi connectivity index (χ4n) is 3.18. The van der Waals surface area contributed by atoms with Crippen LogP contribution in [0.5, 0.6) is 5.75 Å². The van der Waals surface area contributed by atoms with Crippen molar-refractivity contribution in [3.8, 4) is 5.75 Å². The molecule has 0 unspecified atom stereocenters. The number of rotatable bonds is 1. The molecule has 0 spiro atoms. The summed E-state index contributed by atoms with van der Waals surface area (Å²) in [6.07, 6.45) is -0.234. The zero-order valence-electron chi connectivity index (χ0n) is 13.6. The molecule has 0 N–H and O–H groups in total. The summed E-state index contributed by atoms with van der Waals surface area (Å²) < 4.78 is 16.8. The van der Waals surface area contributed by atoms with Crippen molar-refractivity contribution in [3.05, 3.63) is 29.3 Å².